The lowest BCUT2D eigenvalue weighted by molar-refractivity contribution is -0.124. The lowest BCUT2D eigenvalue weighted by Gasteiger charge is -2.30. The van der Waals surface area contributed by atoms with E-state index in [1.54, 1.807) is 0 Å². The highest BCUT2D eigenvalue weighted by molar-refractivity contribution is 5.76. The third-order valence-electron chi connectivity index (χ3n) is 4.05. The summed E-state index contributed by atoms with van der Waals surface area (Å²) in [4.78, 5) is 11.9. The molecule has 2 N–H and O–H groups in total. The molecule has 1 aliphatic carbocycles. The molecule has 0 radical (unpaired) electrons. The van der Waals surface area contributed by atoms with Crippen LogP contribution in [0.15, 0.2) is 0 Å². The number of hydrogen-bond acceptors (Lipinski definition) is 2. The molecule has 3 atom stereocenters. The van der Waals surface area contributed by atoms with E-state index in [-0.39, 0.29) is 23.5 Å². The van der Waals surface area contributed by atoms with Crippen LogP contribution in [0.25, 0.3) is 0 Å². The van der Waals surface area contributed by atoms with Crippen molar-refractivity contribution >= 4 is 5.91 Å². The van der Waals surface area contributed by atoms with E-state index in [9.17, 15) is 9.90 Å². The minimum absolute atomic E-state index is 0.0246. The van der Waals surface area contributed by atoms with Crippen LogP contribution in [0.2, 0.25) is 0 Å². The smallest absolute Gasteiger partial charge is 0.220 e. The first-order valence-corrected chi connectivity index (χ1v) is 6.78. The Bertz CT molecular complexity index is 257. The predicted molar refractivity (Wildman–Crippen MR) is 69.6 cm³/mol. The minimum atomic E-state index is -0.349. The SMILES string of the molecule is CC(CC(=O)NC1CCCCC1O)C(C)(C)C. The molecule has 0 aromatic carbocycles. The molecule has 17 heavy (non-hydrogen) atoms. The summed E-state index contributed by atoms with van der Waals surface area (Å²) in [7, 11) is 0. The van der Waals surface area contributed by atoms with Gasteiger partial charge in [-0.05, 0) is 24.2 Å². The quantitative estimate of drug-likeness (QED) is 0.797. The van der Waals surface area contributed by atoms with Crippen molar-refractivity contribution in [1.29, 1.82) is 0 Å². The van der Waals surface area contributed by atoms with Gasteiger partial charge in [0.15, 0.2) is 0 Å². The second-order valence-corrected chi connectivity index (χ2v) is 6.50. The van der Waals surface area contributed by atoms with Crippen molar-refractivity contribution in [2.45, 2.75) is 71.9 Å². The van der Waals surface area contributed by atoms with E-state index in [0.717, 1.165) is 25.7 Å². The summed E-state index contributed by atoms with van der Waals surface area (Å²) in [6.07, 6.45) is 4.11. The third kappa shape index (κ3) is 4.66. The number of rotatable bonds is 3. The Hall–Kier alpha value is -0.570. The minimum Gasteiger partial charge on any atom is -0.391 e. The summed E-state index contributed by atoms with van der Waals surface area (Å²) in [5, 5.41) is 12.8. The Morgan fingerprint density at radius 3 is 2.47 bits per heavy atom. The maximum Gasteiger partial charge on any atom is 0.220 e. The molecule has 1 saturated carbocycles. The zero-order chi connectivity index (χ0) is 13.1. The molecular formula is C14H27NO2. The number of hydrogen-bond donors (Lipinski definition) is 2. The molecule has 3 heteroatoms. The van der Waals surface area contributed by atoms with Gasteiger partial charge >= 0.3 is 0 Å². The van der Waals surface area contributed by atoms with Gasteiger partial charge in [0.1, 0.15) is 0 Å². The fourth-order valence-electron chi connectivity index (χ4n) is 2.13. The van der Waals surface area contributed by atoms with Gasteiger partial charge in [0.2, 0.25) is 5.91 Å². The van der Waals surface area contributed by atoms with E-state index in [4.69, 9.17) is 0 Å². The molecule has 0 spiro atoms. The Labute approximate surface area is 105 Å². The van der Waals surface area contributed by atoms with E-state index in [1.807, 2.05) is 0 Å². The summed E-state index contributed by atoms with van der Waals surface area (Å²) in [5.41, 5.74) is 0.155. The normalized spacial score (nSPS) is 27.6. The van der Waals surface area contributed by atoms with Crippen LogP contribution < -0.4 is 5.32 Å². The van der Waals surface area contributed by atoms with Crippen molar-refractivity contribution in [3.05, 3.63) is 0 Å². The summed E-state index contributed by atoms with van der Waals surface area (Å²) >= 11 is 0. The fraction of sp³-hybridized carbons (Fsp3) is 0.929. The molecule has 1 fully saturated rings. The maximum atomic E-state index is 11.9. The van der Waals surface area contributed by atoms with Gasteiger partial charge in [-0.3, -0.25) is 4.79 Å². The molecule has 100 valence electrons. The highest BCUT2D eigenvalue weighted by atomic mass is 16.3. The standard InChI is InChI=1S/C14H27NO2/c1-10(14(2,3)4)9-13(17)15-11-7-5-6-8-12(11)16/h10-12,16H,5-9H2,1-4H3,(H,15,17). The highest BCUT2D eigenvalue weighted by Crippen LogP contribution is 2.28. The van der Waals surface area contributed by atoms with E-state index in [1.165, 1.54) is 0 Å². The first kappa shape index (κ1) is 14.5. The molecule has 1 aliphatic rings. The van der Waals surface area contributed by atoms with Crippen LogP contribution in [0.4, 0.5) is 0 Å². The molecule has 0 aliphatic heterocycles. The Balaban J connectivity index is 2.38. The van der Waals surface area contributed by atoms with Crippen LogP contribution in [-0.4, -0.2) is 23.2 Å². The summed E-state index contributed by atoms with van der Waals surface area (Å²) in [6, 6.07) is -0.0246. The maximum absolute atomic E-state index is 11.9. The first-order chi connectivity index (χ1) is 7.80. The second-order valence-electron chi connectivity index (χ2n) is 6.50. The predicted octanol–water partition coefficient (Wildman–Crippen LogP) is 2.48. The number of carbonyl (C=O) groups is 1. The Morgan fingerprint density at radius 2 is 1.94 bits per heavy atom. The van der Waals surface area contributed by atoms with Gasteiger partial charge < -0.3 is 10.4 Å². The van der Waals surface area contributed by atoms with Crippen molar-refractivity contribution < 1.29 is 9.90 Å². The van der Waals surface area contributed by atoms with Crippen LogP contribution in [-0.2, 0) is 4.79 Å². The largest absolute Gasteiger partial charge is 0.391 e. The molecule has 3 nitrogen and oxygen atoms in total. The van der Waals surface area contributed by atoms with Crippen molar-refractivity contribution in [3.63, 3.8) is 0 Å². The van der Waals surface area contributed by atoms with Crippen molar-refractivity contribution in [2.75, 3.05) is 0 Å². The summed E-state index contributed by atoms with van der Waals surface area (Å²) in [6.45, 7) is 8.57. The van der Waals surface area contributed by atoms with E-state index < -0.39 is 0 Å². The molecular weight excluding hydrogens is 214 g/mol. The van der Waals surface area contributed by atoms with Crippen molar-refractivity contribution in [3.8, 4) is 0 Å². The van der Waals surface area contributed by atoms with E-state index in [2.05, 4.69) is 33.0 Å². The molecule has 0 aromatic heterocycles. The van der Waals surface area contributed by atoms with Gasteiger partial charge in [0.25, 0.3) is 0 Å². The van der Waals surface area contributed by atoms with Gasteiger partial charge in [-0.1, -0.05) is 40.5 Å². The van der Waals surface area contributed by atoms with Crippen molar-refractivity contribution in [1.82, 2.24) is 5.32 Å². The molecule has 0 saturated heterocycles. The monoisotopic (exact) mass is 241 g/mol. The third-order valence-corrected chi connectivity index (χ3v) is 4.05. The topological polar surface area (TPSA) is 49.3 Å². The second kappa shape index (κ2) is 5.85. The van der Waals surface area contributed by atoms with Crippen LogP contribution >= 0.6 is 0 Å². The van der Waals surface area contributed by atoms with Crippen LogP contribution in [0.1, 0.15) is 59.8 Å². The van der Waals surface area contributed by atoms with Gasteiger partial charge in [-0.15, -0.1) is 0 Å². The highest BCUT2D eigenvalue weighted by Gasteiger charge is 2.27. The van der Waals surface area contributed by atoms with Gasteiger partial charge in [0.05, 0.1) is 12.1 Å². The van der Waals surface area contributed by atoms with Crippen LogP contribution in [0.5, 0.6) is 0 Å². The number of aliphatic hydroxyl groups excluding tert-OH is 1. The molecule has 0 aromatic rings. The molecule has 1 rings (SSSR count). The lowest BCUT2D eigenvalue weighted by Crippen LogP contribution is -2.45. The summed E-state index contributed by atoms with van der Waals surface area (Å²) in [5.74, 6) is 0.432. The number of amides is 1. The Kier molecular flexibility index (Phi) is 4.99. The van der Waals surface area contributed by atoms with Crippen LogP contribution in [0, 0.1) is 11.3 Å². The fourth-order valence-corrected chi connectivity index (χ4v) is 2.13. The Morgan fingerprint density at radius 1 is 1.35 bits per heavy atom. The zero-order valence-corrected chi connectivity index (χ0v) is 11.6. The van der Waals surface area contributed by atoms with Gasteiger partial charge in [0, 0.05) is 6.42 Å². The molecule has 0 heterocycles. The van der Waals surface area contributed by atoms with E-state index in [0.29, 0.717) is 12.3 Å². The average molecular weight is 241 g/mol. The lowest BCUT2D eigenvalue weighted by atomic mass is 9.80. The molecule has 0 bridgehead atoms. The van der Waals surface area contributed by atoms with Crippen molar-refractivity contribution in [2.24, 2.45) is 11.3 Å². The number of nitrogens with one attached hydrogen (secondary N) is 1. The molecule has 1 amide bonds. The molecule has 3 unspecified atom stereocenters. The van der Waals surface area contributed by atoms with Gasteiger partial charge in [-0.2, -0.15) is 0 Å². The number of aliphatic hydroxyl groups is 1. The summed E-state index contributed by atoms with van der Waals surface area (Å²) < 4.78 is 0. The first-order valence-electron chi connectivity index (χ1n) is 6.78. The number of carbonyl (C=O) groups excluding carboxylic acids is 1. The van der Waals surface area contributed by atoms with Crippen LogP contribution in [0.3, 0.4) is 0 Å². The zero-order valence-electron chi connectivity index (χ0n) is 11.6. The van der Waals surface area contributed by atoms with E-state index >= 15 is 0 Å². The van der Waals surface area contributed by atoms with Gasteiger partial charge in [-0.25, -0.2) is 0 Å². The average Bonchev–Trinajstić information content (AvgIpc) is 2.20.